The monoisotopic (exact) mass is 250 g/mol. The maximum atomic E-state index is 12.2. The SMILES string of the molecule is O=C(c1cccs1)[C@H]1[C@@H]2C(=O)[C@@H]3OC[C@@H](O3)[C@@H]12. The lowest BCUT2D eigenvalue weighted by molar-refractivity contribution is -0.153. The van der Waals surface area contributed by atoms with Crippen LogP contribution in [0.4, 0.5) is 0 Å². The zero-order valence-corrected chi connectivity index (χ0v) is 9.68. The summed E-state index contributed by atoms with van der Waals surface area (Å²) in [6, 6.07) is 3.68. The van der Waals surface area contributed by atoms with E-state index in [1.54, 1.807) is 0 Å². The minimum Gasteiger partial charge on any atom is -0.343 e. The van der Waals surface area contributed by atoms with Crippen LogP contribution in [-0.4, -0.2) is 30.6 Å². The Kier molecular flexibility index (Phi) is 1.90. The average molecular weight is 250 g/mol. The molecule has 1 saturated carbocycles. The molecule has 1 aliphatic carbocycles. The molecule has 1 aromatic rings. The van der Waals surface area contributed by atoms with E-state index in [4.69, 9.17) is 9.47 Å². The Morgan fingerprint density at radius 2 is 2.35 bits per heavy atom. The molecule has 4 nitrogen and oxygen atoms in total. The molecule has 0 aromatic carbocycles. The summed E-state index contributed by atoms with van der Waals surface area (Å²) in [5, 5.41) is 1.88. The molecule has 1 aromatic heterocycles. The molecule has 5 heteroatoms. The van der Waals surface area contributed by atoms with Crippen LogP contribution in [0.25, 0.3) is 0 Å². The summed E-state index contributed by atoms with van der Waals surface area (Å²) >= 11 is 1.43. The first-order valence-electron chi connectivity index (χ1n) is 5.66. The molecule has 3 aliphatic rings. The highest BCUT2D eigenvalue weighted by atomic mass is 32.1. The molecule has 0 unspecified atom stereocenters. The lowest BCUT2D eigenvalue weighted by Gasteiger charge is -2.14. The molecule has 4 rings (SSSR count). The van der Waals surface area contributed by atoms with E-state index < -0.39 is 6.29 Å². The predicted molar refractivity (Wildman–Crippen MR) is 58.7 cm³/mol. The van der Waals surface area contributed by atoms with Crippen molar-refractivity contribution in [2.24, 2.45) is 17.8 Å². The van der Waals surface area contributed by atoms with Gasteiger partial charge in [-0.2, -0.15) is 0 Å². The lowest BCUT2D eigenvalue weighted by atomic mass is 10.1. The number of hydrogen-bond acceptors (Lipinski definition) is 5. The molecule has 88 valence electrons. The number of thiophene rings is 1. The molecule has 3 heterocycles. The van der Waals surface area contributed by atoms with E-state index in [0.29, 0.717) is 6.61 Å². The first-order valence-corrected chi connectivity index (χ1v) is 6.54. The maximum Gasteiger partial charge on any atom is 0.218 e. The van der Waals surface area contributed by atoms with Crippen molar-refractivity contribution in [1.29, 1.82) is 0 Å². The van der Waals surface area contributed by atoms with E-state index in [1.807, 2.05) is 17.5 Å². The van der Waals surface area contributed by atoms with Crippen LogP contribution in [-0.2, 0) is 14.3 Å². The van der Waals surface area contributed by atoms with Crippen LogP contribution in [0.2, 0.25) is 0 Å². The summed E-state index contributed by atoms with van der Waals surface area (Å²) in [5.41, 5.74) is 0. The Labute approximate surface area is 102 Å². The van der Waals surface area contributed by atoms with Crippen LogP contribution in [0.15, 0.2) is 17.5 Å². The van der Waals surface area contributed by atoms with Crippen molar-refractivity contribution in [3.8, 4) is 0 Å². The number of carbonyl (C=O) groups excluding carboxylic acids is 2. The van der Waals surface area contributed by atoms with Crippen LogP contribution in [0.5, 0.6) is 0 Å². The number of fused-ring (bicyclic) bond motifs is 4. The van der Waals surface area contributed by atoms with Crippen LogP contribution < -0.4 is 0 Å². The van der Waals surface area contributed by atoms with Gasteiger partial charge in [-0.05, 0) is 11.4 Å². The van der Waals surface area contributed by atoms with Gasteiger partial charge >= 0.3 is 0 Å². The molecule has 5 atom stereocenters. The normalized spacial score (nSPS) is 42.4. The van der Waals surface area contributed by atoms with Crippen LogP contribution in [0.1, 0.15) is 9.67 Å². The van der Waals surface area contributed by atoms with Gasteiger partial charge in [-0.3, -0.25) is 9.59 Å². The van der Waals surface area contributed by atoms with Crippen LogP contribution in [0, 0.1) is 17.8 Å². The summed E-state index contributed by atoms with van der Waals surface area (Å²) in [6.07, 6.45) is -0.765. The Hall–Kier alpha value is -1.04. The fraction of sp³-hybridized carbons (Fsp3) is 0.500. The molecule has 0 amide bonds. The highest BCUT2D eigenvalue weighted by molar-refractivity contribution is 7.12. The average Bonchev–Trinajstić information content (AvgIpc) is 2.77. The highest BCUT2D eigenvalue weighted by Crippen LogP contribution is 2.57. The number of ether oxygens (including phenoxy) is 2. The van der Waals surface area contributed by atoms with Gasteiger partial charge in [0.15, 0.2) is 11.6 Å². The third-order valence-corrected chi connectivity index (χ3v) is 4.73. The third-order valence-electron chi connectivity index (χ3n) is 3.84. The van der Waals surface area contributed by atoms with Crippen LogP contribution in [0.3, 0.4) is 0 Å². The smallest absolute Gasteiger partial charge is 0.218 e. The molecule has 2 aliphatic heterocycles. The van der Waals surface area contributed by atoms with Crippen molar-refractivity contribution in [2.45, 2.75) is 12.4 Å². The second kappa shape index (κ2) is 3.25. The van der Waals surface area contributed by atoms with E-state index >= 15 is 0 Å². The molecule has 2 saturated heterocycles. The summed E-state index contributed by atoms with van der Waals surface area (Å²) in [4.78, 5) is 24.9. The summed E-state index contributed by atoms with van der Waals surface area (Å²) in [5.74, 6) is -0.218. The van der Waals surface area contributed by atoms with Gasteiger partial charge in [0.25, 0.3) is 0 Å². The maximum absolute atomic E-state index is 12.2. The Balaban J connectivity index is 1.63. The number of ketones is 2. The number of rotatable bonds is 2. The zero-order chi connectivity index (χ0) is 11.6. The Morgan fingerprint density at radius 3 is 3.12 bits per heavy atom. The molecule has 2 bridgehead atoms. The van der Waals surface area contributed by atoms with Gasteiger partial charge in [-0.1, -0.05) is 6.07 Å². The standard InChI is InChI=1S/C12H10O4S/c13-10(6-2-1-3-17-6)8-7-5-4-15-12(16-5)11(14)9(7)8/h1-3,5,7-9,12H,4H2/t5-,7+,8-,9-,12-/m1/s1. The second-order valence-corrected chi connectivity index (χ2v) is 5.66. The fourth-order valence-electron chi connectivity index (χ4n) is 3.01. The Bertz CT molecular complexity index is 495. The van der Waals surface area contributed by atoms with Crippen molar-refractivity contribution in [2.75, 3.05) is 6.61 Å². The summed E-state index contributed by atoms with van der Waals surface area (Å²) in [7, 11) is 0. The molecule has 0 N–H and O–H groups in total. The summed E-state index contributed by atoms with van der Waals surface area (Å²) in [6.45, 7) is 0.450. The van der Waals surface area contributed by atoms with Gasteiger partial charge in [0.1, 0.15) is 0 Å². The Morgan fingerprint density at radius 1 is 1.47 bits per heavy atom. The van der Waals surface area contributed by atoms with E-state index in [-0.39, 0.29) is 35.4 Å². The zero-order valence-electron chi connectivity index (χ0n) is 8.87. The second-order valence-electron chi connectivity index (χ2n) is 4.71. The first kappa shape index (κ1) is 9.94. The molecule has 0 radical (unpaired) electrons. The fourth-order valence-corrected chi connectivity index (χ4v) is 3.73. The van der Waals surface area contributed by atoms with Crippen molar-refractivity contribution >= 4 is 22.9 Å². The van der Waals surface area contributed by atoms with Crippen LogP contribution >= 0.6 is 11.3 Å². The van der Waals surface area contributed by atoms with Gasteiger partial charge in [0.05, 0.1) is 17.6 Å². The lowest BCUT2D eigenvalue weighted by Crippen LogP contribution is -2.30. The minimum absolute atomic E-state index is 0.0429. The van der Waals surface area contributed by atoms with Crippen molar-refractivity contribution in [3.05, 3.63) is 22.4 Å². The first-order chi connectivity index (χ1) is 8.27. The number of carbonyl (C=O) groups is 2. The quantitative estimate of drug-likeness (QED) is 0.738. The molecular formula is C12H10O4S. The van der Waals surface area contributed by atoms with Gasteiger partial charge in [-0.15, -0.1) is 11.3 Å². The van der Waals surface area contributed by atoms with E-state index in [1.165, 1.54) is 11.3 Å². The van der Waals surface area contributed by atoms with Crippen molar-refractivity contribution < 1.29 is 19.1 Å². The third kappa shape index (κ3) is 1.24. The molecule has 0 spiro atoms. The van der Waals surface area contributed by atoms with Gasteiger partial charge < -0.3 is 9.47 Å². The molecular weight excluding hydrogens is 240 g/mol. The highest BCUT2D eigenvalue weighted by Gasteiger charge is 2.68. The molecule has 17 heavy (non-hydrogen) atoms. The number of hydrogen-bond donors (Lipinski definition) is 0. The molecule has 3 fully saturated rings. The van der Waals surface area contributed by atoms with E-state index in [2.05, 4.69) is 0 Å². The minimum atomic E-state index is -0.706. The van der Waals surface area contributed by atoms with Gasteiger partial charge in [0, 0.05) is 17.8 Å². The topological polar surface area (TPSA) is 52.6 Å². The van der Waals surface area contributed by atoms with Crippen molar-refractivity contribution in [3.63, 3.8) is 0 Å². The largest absolute Gasteiger partial charge is 0.343 e. The van der Waals surface area contributed by atoms with Gasteiger partial charge in [0.2, 0.25) is 6.29 Å². The van der Waals surface area contributed by atoms with Crippen molar-refractivity contribution in [1.82, 2.24) is 0 Å². The summed E-state index contributed by atoms with van der Waals surface area (Å²) < 4.78 is 10.7. The van der Waals surface area contributed by atoms with Gasteiger partial charge in [-0.25, -0.2) is 0 Å². The number of Topliss-reactive ketones (excluding diaryl/α,β-unsaturated/α-hetero) is 2. The predicted octanol–water partition coefficient (Wildman–Crippen LogP) is 1.12. The van der Waals surface area contributed by atoms with E-state index in [0.717, 1.165) is 4.88 Å². The van der Waals surface area contributed by atoms with E-state index in [9.17, 15) is 9.59 Å².